The van der Waals surface area contributed by atoms with Crippen LogP contribution in [0.15, 0.2) is 35.3 Å². The molecule has 0 unspecified atom stereocenters. The second-order valence-electron chi connectivity index (χ2n) is 3.58. The van der Waals surface area contributed by atoms with Gasteiger partial charge in [0.05, 0.1) is 13.5 Å². The Morgan fingerprint density at radius 3 is 2.47 bits per heavy atom. The van der Waals surface area contributed by atoms with Crippen LogP contribution in [0.25, 0.3) is 0 Å². The van der Waals surface area contributed by atoms with Crippen molar-refractivity contribution in [3.8, 4) is 0 Å². The fourth-order valence-electron chi connectivity index (χ4n) is 1.12. The lowest BCUT2D eigenvalue weighted by molar-refractivity contribution is -0.139. The number of ether oxygens (including phenoxy) is 1. The van der Waals surface area contributed by atoms with Crippen molar-refractivity contribution >= 4 is 5.97 Å². The van der Waals surface area contributed by atoms with Crippen molar-refractivity contribution in [3.05, 3.63) is 35.3 Å². The molecule has 0 aliphatic rings. The lowest BCUT2D eigenvalue weighted by Crippen LogP contribution is -2.18. The van der Waals surface area contributed by atoms with Gasteiger partial charge in [0, 0.05) is 12.2 Å². The predicted molar refractivity (Wildman–Crippen MR) is 67.0 cm³/mol. The molecular weight excluding hydrogens is 221 g/mol. The summed E-state index contributed by atoms with van der Waals surface area (Å²) in [7, 11) is 1.35. The SMILES string of the molecule is C/C=C(/CC(=O)OC)NC/C(C)=C/C(F)=C\C. The highest BCUT2D eigenvalue weighted by Crippen LogP contribution is 2.04. The molecule has 96 valence electrons. The number of methoxy groups -OCH3 is 1. The minimum atomic E-state index is -0.299. The lowest BCUT2D eigenvalue weighted by atomic mass is 10.2. The smallest absolute Gasteiger partial charge is 0.311 e. The van der Waals surface area contributed by atoms with E-state index in [9.17, 15) is 9.18 Å². The molecule has 0 aromatic carbocycles. The van der Waals surface area contributed by atoms with E-state index in [0.29, 0.717) is 6.54 Å². The van der Waals surface area contributed by atoms with E-state index in [4.69, 9.17) is 0 Å². The highest BCUT2D eigenvalue weighted by atomic mass is 19.1. The van der Waals surface area contributed by atoms with Crippen LogP contribution in [0.1, 0.15) is 27.2 Å². The Kier molecular flexibility index (Phi) is 7.76. The highest BCUT2D eigenvalue weighted by molar-refractivity contribution is 5.72. The molecule has 0 radical (unpaired) electrons. The molecule has 0 bridgehead atoms. The second-order valence-corrected chi connectivity index (χ2v) is 3.58. The van der Waals surface area contributed by atoms with E-state index >= 15 is 0 Å². The van der Waals surface area contributed by atoms with Crippen molar-refractivity contribution < 1.29 is 13.9 Å². The number of nitrogens with one attached hydrogen (secondary N) is 1. The first-order valence-electron chi connectivity index (χ1n) is 5.48. The normalized spacial score (nSPS) is 13.6. The standard InChI is InChI=1S/C13H20FNO2/c1-5-11(14)7-10(3)9-15-12(6-2)8-13(16)17-4/h5-7,15H,8-9H2,1-4H3/b10-7+,11-5+,12-6-. The van der Waals surface area contributed by atoms with E-state index < -0.39 is 0 Å². The third-order valence-corrected chi connectivity index (χ3v) is 2.17. The van der Waals surface area contributed by atoms with E-state index in [0.717, 1.165) is 11.3 Å². The maximum atomic E-state index is 12.9. The summed E-state index contributed by atoms with van der Waals surface area (Å²) in [5, 5.41) is 3.06. The summed E-state index contributed by atoms with van der Waals surface area (Å²) in [6.45, 7) is 5.79. The monoisotopic (exact) mass is 241 g/mol. The van der Waals surface area contributed by atoms with Crippen LogP contribution in [0.2, 0.25) is 0 Å². The van der Waals surface area contributed by atoms with Crippen molar-refractivity contribution in [2.45, 2.75) is 27.2 Å². The van der Waals surface area contributed by atoms with Crippen molar-refractivity contribution in [1.82, 2.24) is 5.32 Å². The van der Waals surface area contributed by atoms with Gasteiger partial charge in [0.2, 0.25) is 0 Å². The largest absolute Gasteiger partial charge is 0.469 e. The molecule has 0 saturated heterocycles. The summed E-state index contributed by atoms with van der Waals surface area (Å²) in [5.74, 6) is -0.564. The number of carbonyl (C=O) groups excluding carboxylic acids is 1. The zero-order chi connectivity index (χ0) is 13.3. The third-order valence-electron chi connectivity index (χ3n) is 2.17. The quantitative estimate of drug-likeness (QED) is 0.574. The Morgan fingerprint density at radius 1 is 1.35 bits per heavy atom. The van der Waals surface area contributed by atoms with E-state index in [1.54, 1.807) is 13.0 Å². The average Bonchev–Trinajstić information content (AvgIpc) is 2.33. The number of carbonyl (C=O) groups is 1. The molecule has 0 aromatic heterocycles. The molecule has 4 heteroatoms. The summed E-state index contributed by atoms with van der Waals surface area (Å²) in [4.78, 5) is 11.1. The zero-order valence-corrected chi connectivity index (χ0v) is 10.8. The van der Waals surface area contributed by atoms with E-state index in [1.165, 1.54) is 19.3 Å². The first-order valence-corrected chi connectivity index (χ1v) is 5.48. The van der Waals surface area contributed by atoms with Crippen LogP contribution >= 0.6 is 0 Å². The van der Waals surface area contributed by atoms with E-state index in [2.05, 4.69) is 10.1 Å². The van der Waals surface area contributed by atoms with Gasteiger partial charge in [0.15, 0.2) is 0 Å². The molecule has 0 aromatic rings. The molecule has 0 fully saturated rings. The number of rotatable bonds is 6. The van der Waals surface area contributed by atoms with Gasteiger partial charge in [-0.3, -0.25) is 4.79 Å². The maximum Gasteiger partial charge on any atom is 0.311 e. The second kappa shape index (κ2) is 8.56. The van der Waals surface area contributed by atoms with Crippen molar-refractivity contribution in [3.63, 3.8) is 0 Å². The van der Waals surface area contributed by atoms with Crippen molar-refractivity contribution in [1.29, 1.82) is 0 Å². The molecule has 0 aliphatic heterocycles. The van der Waals surface area contributed by atoms with Crippen LogP contribution in [0.3, 0.4) is 0 Å². The fraction of sp³-hybridized carbons (Fsp3) is 0.462. The van der Waals surface area contributed by atoms with Gasteiger partial charge in [0.1, 0.15) is 5.83 Å². The highest BCUT2D eigenvalue weighted by Gasteiger charge is 2.04. The Hall–Kier alpha value is -1.58. The van der Waals surface area contributed by atoms with Gasteiger partial charge in [0.25, 0.3) is 0 Å². The molecule has 1 N–H and O–H groups in total. The third kappa shape index (κ3) is 7.33. The molecule has 17 heavy (non-hydrogen) atoms. The van der Waals surface area contributed by atoms with Crippen LogP contribution in [0, 0.1) is 0 Å². The van der Waals surface area contributed by atoms with Gasteiger partial charge in [-0.1, -0.05) is 17.7 Å². The van der Waals surface area contributed by atoms with Gasteiger partial charge in [-0.25, -0.2) is 4.39 Å². The van der Waals surface area contributed by atoms with Crippen LogP contribution in [0.4, 0.5) is 4.39 Å². The summed E-state index contributed by atoms with van der Waals surface area (Å²) >= 11 is 0. The number of halogens is 1. The minimum Gasteiger partial charge on any atom is -0.469 e. The fourth-order valence-corrected chi connectivity index (χ4v) is 1.12. The molecule has 0 heterocycles. The van der Waals surface area contributed by atoms with Crippen LogP contribution in [-0.2, 0) is 9.53 Å². The lowest BCUT2D eigenvalue weighted by Gasteiger charge is -2.09. The number of hydrogen-bond acceptors (Lipinski definition) is 3. The topological polar surface area (TPSA) is 38.3 Å². The Labute approximate surface area is 102 Å². The number of hydrogen-bond donors (Lipinski definition) is 1. The van der Waals surface area contributed by atoms with E-state index in [1.807, 2.05) is 13.8 Å². The van der Waals surface area contributed by atoms with Gasteiger partial charge in [-0.15, -0.1) is 0 Å². The van der Waals surface area contributed by atoms with Gasteiger partial charge in [-0.2, -0.15) is 0 Å². The Balaban J connectivity index is 4.26. The molecule has 0 aliphatic carbocycles. The number of allylic oxidation sites excluding steroid dienone is 4. The molecule has 0 atom stereocenters. The Bertz CT molecular complexity index is 343. The molecule has 0 amide bonds. The summed E-state index contributed by atoms with van der Waals surface area (Å²) in [6.07, 6.45) is 4.86. The maximum absolute atomic E-state index is 12.9. The molecule has 0 saturated carbocycles. The van der Waals surface area contributed by atoms with Gasteiger partial charge >= 0.3 is 5.97 Å². The van der Waals surface area contributed by atoms with Crippen molar-refractivity contribution in [2.24, 2.45) is 0 Å². The van der Waals surface area contributed by atoms with Gasteiger partial charge in [-0.05, 0) is 26.8 Å². The minimum absolute atomic E-state index is 0.201. The van der Waals surface area contributed by atoms with Crippen LogP contribution in [-0.4, -0.2) is 19.6 Å². The predicted octanol–water partition coefficient (Wildman–Crippen LogP) is 2.86. The summed E-state index contributed by atoms with van der Waals surface area (Å²) < 4.78 is 17.5. The molecule has 3 nitrogen and oxygen atoms in total. The van der Waals surface area contributed by atoms with Gasteiger partial charge < -0.3 is 10.1 Å². The molecule has 0 spiro atoms. The van der Waals surface area contributed by atoms with Crippen LogP contribution < -0.4 is 5.32 Å². The summed E-state index contributed by atoms with van der Waals surface area (Å²) in [6, 6.07) is 0. The average molecular weight is 241 g/mol. The first-order chi connectivity index (χ1) is 8.03. The Morgan fingerprint density at radius 2 is 2.00 bits per heavy atom. The van der Waals surface area contributed by atoms with Crippen LogP contribution in [0.5, 0.6) is 0 Å². The van der Waals surface area contributed by atoms with Crippen molar-refractivity contribution in [2.75, 3.05) is 13.7 Å². The van der Waals surface area contributed by atoms with E-state index in [-0.39, 0.29) is 18.2 Å². The summed E-state index contributed by atoms with van der Waals surface area (Å²) in [5.41, 5.74) is 1.62. The molecular formula is C13H20FNO2. The first kappa shape index (κ1) is 15.4. The zero-order valence-electron chi connectivity index (χ0n) is 10.8. The molecule has 0 rings (SSSR count). The number of esters is 1.